The fourth-order valence-corrected chi connectivity index (χ4v) is 3.14. The first-order chi connectivity index (χ1) is 7.25. The zero-order valence-electron chi connectivity index (χ0n) is 8.54. The number of rotatable bonds is 0. The van der Waals surface area contributed by atoms with Gasteiger partial charge in [0, 0.05) is 22.8 Å². The van der Waals surface area contributed by atoms with Gasteiger partial charge in [0.15, 0.2) is 0 Å². The maximum Gasteiger partial charge on any atom is 0.0426 e. The summed E-state index contributed by atoms with van der Waals surface area (Å²) in [5, 5.41) is 4.35. The van der Waals surface area contributed by atoms with Crippen LogP contribution in [0.4, 0.5) is 5.69 Å². The summed E-state index contributed by atoms with van der Waals surface area (Å²) in [6.07, 6.45) is 3.78. The van der Waals surface area contributed by atoms with Gasteiger partial charge in [-0.3, -0.25) is 0 Å². The lowest BCUT2D eigenvalue weighted by atomic mass is 9.85. The molecule has 0 aromatic heterocycles. The van der Waals surface area contributed by atoms with E-state index in [1.165, 1.54) is 24.8 Å². The van der Waals surface area contributed by atoms with Crippen LogP contribution >= 0.6 is 11.6 Å². The molecule has 80 valence electrons. The summed E-state index contributed by atoms with van der Waals surface area (Å²) in [5.41, 5.74) is 8.66. The molecule has 2 nitrogen and oxygen atoms in total. The molecular weight excluding hydrogens is 208 g/mol. The quantitative estimate of drug-likeness (QED) is 0.709. The highest BCUT2D eigenvalue weighted by molar-refractivity contribution is 6.30. The fourth-order valence-electron chi connectivity index (χ4n) is 2.97. The molecule has 1 aromatic carbocycles. The van der Waals surface area contributed by atoms with Gasteiger partial charge in [0.25, 0.3) is 0 Å². The number of benzene rings is 1. The first-order valence-electron chi connectivity index (χ1n) is 5.57. The van der Waals surface area contributed by atoms with Gasteiger partial charge in [0.2, 0.25) is 0 Å². The summed E-state index contributed by atoms with van der Waals surface area (Å²) in [6, 6.07) is 6.73. The molecule has 3 N–H and O–H groups in total. The van der Waals surface area contributed by atoms with E-state index < -0.39 is 0 Å². The lowest BCUT2D eigenvalue weighted by molar-refractivity contribution is 0.401. The van der Waals surface area contributed by atoms with Crippen molar-refractivity contribution in [1.82, 2.24) is 0 Å². The summed E-state index contributed by atoms with van der Waals surface area (Å²) < 4.78 is 0. The zero-order valence-corrected chi connectivity index (χ0v) is 9.30. The van der Waals surface area contributed by atoms with Gasteiger partial charge in [-0.25, -0.2) is 0 Å². The highest BCUT2D eigenvalue weighted by Gasteiger charge is 2.37. The predicted octanol–water partition coefficient (Wildman–Crippen LogP) is 2.93. The van der Waals surface area contributed by atoms with Crippen molar-refractivity contribution in [1.29, 1.82) is 0 Å². The Kier molecular flexibility index (Phi) is 2.15. The van der Waals surface area contributed by atoms with Gasteiger partial charge in [0.1, 0.15) is 0 Å². The molecule has 1 aliphatic carbocycles. The third-order valence-electron chi connectivity index (χ3n) is 3.75. The van der Waals surface area contributed by atoms with Crippen LogP contribution < -0.4 is 11.1 Å². The van der Waals surface area contributed by atoms with Crippen LogP contribution in [0.3, 0.4) is 0 Å². The van der Waals surface area contributed by atoms with Gasteiger partial charge in [-0.1, -0.05) is 24.1 Å². The zero-order chi connectivity index (χ0) is 10.4. The number of nitrogens with two attached hydrogens (primary N) is 1. The molecule has 0 amide bonds. The summed E-state index contributed by atoms with van der Waals surface area (Å²) in [6.45, 7) is 0. The highest BCUT2D eigenvalue weighted by atomic mass is 35.5. The van der Waals surface area contributed by atoms with Crippen molar-refractivity contribution >= 4 is 17.3 Å². The van der Waals surface area contributed by atoms with E-state index in [-0.39, 0.29) is 6.04 Å². The van der Waals surface area contributed by atoms with Crippen LogP contribution in [0.15, 0.2) is 18.2 Å². The topological polar surface area (TPSA) is 38.0 Å². The first kappa shape index (κ1) is 9.49. The molecule has 3 heteroatoms. The average molecular weight is 223 g/mol. The van der Waals surface area contributed by atoms with Crippen molar-refractivity contribution < 1.29 is 0 Å². The summed E-state index contributed by atoms with van der Waals surface area (Å²) in [7, 11) is 0. The average Bonchev–Trinajstić information content (AvgIpc) is 2.65. The van der Waals surface area contributed by atoms with Crippen LogP contribution in [0.2, 0.25) is 5.02 Å². The molecule has 1 fully saturated rings. The van der Waals surface area contributed by atoms with E-state index >= 15 is 0 Å². The Morgan fingerprint density at radius 3 is 3.07 bits per heavy atom. The molecule has 3 unspecified atom stereocenters. The van der Waals surface area contributed by atoms with Crippen molar-refractivity contribution in [2.75, 3.05) is 5.32 Å². The van der Waals surface area contributed by atoms with E-state index in [9.17, 15) is 0 Å². The fraction of sp³-hybridized carbons (Fsp3) is 0.500. The maximum atomic E-state index is 6.30. The smallest absolute Gasteiger partial charge is 0.0426 e. The Morgan fingerprint density at radius 2 is 2.20 bits per heavy atom. The van der Waals surface area contributed by atoms with Crippen molar-refractivity contribution in [3.8, 4) is 0 Å². The Balaban J connectivity index is 2.04. The molecule has 15 heavy (non-hydrogen) atoms. The van der Waals surface area contributed by atoms with E-state index in [0.717, 1.165) is 10.7 Å². The predicted molar refractivity (Wildman–Crippen MR) is 63.1 cm³/mol. The van der Waals surface area contributed by atoms with Crippen molar-refractivity contribution in [2.45, 2.75) is 31.3 Å². The SMILES string of the molecule is NC1c2ccc(Cl)cc2NC2CCCC21. The number of hydrogen-bond donors (Lipinski definition) is 2. The van der Waals surface area contributed by atoms with Crippen LogP contribution in [-0.2, 0) is 0 Å². The van der Waals surface area contributed by atoms with Crippen LogP contribution in [0.25, 0.3) is 0 Å². The molecular formula is C12H15ClN2. The Bertz CT molecular complexity index is 391. The molecule has 0 bridgehead atoms. The molecule has 1 aliphatic heterocycles. The van der Waals surface area contributed by atoms with Crippen LogP contribution in [-0.4, -0.2) is 6.04 Å². The standard InChI is InChI=1S/C12H15ClN2/c13-7-4-5-9-11(6-7)15-10-3-1-2-8(10)12(9)14/h4-6,8,10,12,15H,1-3,14H2. The molecule has 1 heterocycles. The lowest BCUT2D eigenvalue weighted by Crippen LogP contribution is -2.37. The van der Waals surface area contributed by atoms with E-state index in [1.54, 1.807) is 0 Å². The molecule has 0 saturated heterocycles. The minimum Gasteiger partial charge on any atom is -0.382 e. The van der Waals surface area contributed by atoms with Crippen LogP contribution in [0.1, 0.15) is 30.9 Å². The highest BCUT2D eigenvalue weighted by Crippen LogP contribution is 2.43. The Labute approximate surface area is 94.8 Å². The third-order valence-corrected chi connectivity index (χ3v) is 3.98. The van der Waals surface area contributed by atoms with Gasteiger partial charge in [-0.15, -0.1) is 0 Å². The Morgan fingerprint density at radius 1 is 1.33 bits per heavy atom. The van der Waals surface area contributed by atoms with E-state index in [0.29, 0.717) is 12.0 Å². The number of halogens is 1. The molecule has 3 atom stereocenters. The van der Waals surface area contributed by atoms with Crippen LogP contribution in [0, 0.1) is 5.92 Å². The molecule has 1 aromatic rings. The normalized spacial score (nSPS) is 33.1. The van der Waals surface area contributed by atoms with E-state index in [1.807, 2.05) is 12.1 Å². The summed E-state index contributed by atoms with van der Waals surface area (Å²) in [5.74, 6) is 0.610. The van der Waals surface area contributed by atoms with Gasteiger partial charge >= 0.3 is 0 Å². The van der Waals surface area contributed by atoms with Gasteiger partial charge < -0.3 is 11.1 Å². The molecule has 3 rings (SSSR count). The lowest BCUT2D eigenvalue weighted by Gasteiger charge is -2.35. The van der Waals surface area contributed by atoms with Crippen LogP contribution in [0.5, 0.6) is 0 Å². The first-order valence-corrected chi connectivity index (χ1v) is 5.95. The molecule has 2 aliphatic rings. The molecule has 1 saturated carbocycles. The third kappa shape index (κ3) is 1.44. The number of fused-ring (bicyclic) bond motifs is 2. The van der Waals surface area contributed by atoms with E-state index in [2.05, 4.69) is 11.4 Å². The van der Waals surface area contributed by atoms with Gasteiger partial charge in [-0.2, -0.15) is 0 Å². The minimum absolute atomic E-state index is 0.186. The second-order valence-corrected chi connectivity index (χ2v) is 5.04. The minimum atomic E-state index is 0.186. The van der Waals surface area contributed by atoms with Gasteiger partial charge in [-0.05, 0) is 36.5 Å². The van der Waals surface area contributed by atoms with Crippen molar-refractivity contribution in [3.05, 3.63) is 28.8 Å². The number of nitrogens with one attached hydrogen (secondary N) is 1. The number of hydrogen-bond acceptors (Lipinski definition) is 2. The van der Waals surface area contributed by atoms with Crippen molar-refractivity contribution in [2.24, 2.45) is 11.7 Å². The Hall–Kier alpha value is -0.730. The number of anilines is 1. The van der Waals surface area contributed by atoms with Gasteiger partial charge in [0.05, 0.1) is 0 Å². The monoisotopic (exact) mass is 222 g/mol. The second-order valence-electron chi connectivity index (χ2n) is 4.60. The summed E-state index contributed by atoms with van der Waals surface area (Å²) >= 11 is 5.99. The molecule has 0 radical (unpaired) electrons. The van der Waals surface area contributed by atoms with E-state index in [4.69, 9.17) is 17.3 Å². The molecule has 0 spiro atoms. The second kappa shape index (κ2) is 3.39. The van der Waals surface area contributed by atoms with Crippen molar-refractivity contribution in [3.63, 3.8) is 0 Å². The largest absolute Gasteiger partial charge is 0.382 e. The maximum absolute atomic E-state index is 6.30. The summed E-state index contributed by atoms with van der Waals surface area (Å²) in [4.78, 5) is 0.